The van der Waals surface area contributed by atoms with E-state index >= 15 is 0 Å². The lowest BCUT2D eigenvalue weighted by molar-refractivity contribution is 0.454. The summed E-state index contributed by atoms with van der Waals surface area (Å²) < 4.78 is 19.9. The molecule has 0 unspecified atom stereocenters. The Morgan fingerprint density at radius 1 is 0.523 bits per heavy atom. The van der Waals surface area contributed by atoms with E-state index in [-0.39, 0.29) is 0 Å². The molecule has 0 aliphatic rings. The fourth-order valence-electron chi connectivity index (χ4n) is 4.87. The lowest BCUT2D eigenvalue weighted by Crippen LogP contribution is -1.98. The summed E-state index contributed by atoms with van der Waals surface area (Å²) in [4.78, 5) is 0. The maximum atomic E-state index is 8.58. The third kappa shape index (κ3) is 7.05. The van der Waals surface area contributed by atoms with Crippen LogP contribution >= 0.6 is 54.5 Å². The van der Waals surface area contributed by atoms with Gasteiger partial charge < -0.3 is 18.5 Å². The maximum absolute atomic E-state index is 8.58. The van der Waals surface area contributed by atoms with Crippen molar-refractivity contribution >= 4 is 106 Å². The van der Waals surface area contributed by atoms with Gasteiger partial charge in [-0.05, 0) is 107 Å². The summed E-state index contributed by atoms with van der Waals surface area (Å²) in [5.74, 6) is 0.585. The number of hydrogen-bond donors (Lipinski definition) is 1. The molecule has 0 saturated heterocycles. The molecule has 2 heterocycles. The Bertz CT molecular complexity index is 2190. The monoisotopic (exact) mass is 815 g/mol. The Hall–Kier alpha value is -3.57. The van der Waals surface area contributed by atoms with E-state index in [1.807, 2.05) is 78.9 Å². The van der Waals surface area contributed by atoms with Gasteiger partial charge in [0.25, 0.3) is 0 Å². The molecule has 0 aliphatic carbocycles. The van der Waals surface area contributed by atoms with Crippen LogP contribution in [0.5, 0.6) is 5.75 Å². The lowest BCUT2D eigenvalue weighted by Gasteiger charge is -2.02. The highest BCUT2D eigenvalue weighted by atomic mass is 127. The number of para-hydroxylation sites is 2. The van der Waals surface area contributed by atoms with E-state index in [1.54, 1.807) is 6.07 Å². The first-order valence-electron chi connectivity index (χ1n) is 13.6. The van der Waals surface area contributed by atoms with Gasteiger partial charge in [-0.25, -0.2) is 0 Å². The quantitative estimate of drug-likeness (QED) is 0.143. The lowest BCUT2D eigenvalue weighted by atomic mass is 10.0. The van der Waals surface area contributed by atoms with Crippen LogP contribution in [0.2, 0.25) is 0 Å². The summed E-state index contributed by atoms with van der Waals surface area (Å²) in [5, 5.41) is 12.9. The highest BCUT2D eigenvalue weighted by Crippen LogP contribution is 2.33. The number of furan rings is 2. The van der Waals surface area contributed by atoms with E-state index in [9.17, 15) is 0 Å². The van der Waals surface area contributed by atoms with Gasteiger partial charge in [-0.1, -0.05) is 92.5 Å². The topological polar surface area (TPSA) is 55.7 Å². The van der Waals surface area contributed by atoms with Crippen LogP contribution in [0.25, 0.3) is 55.0 Å². The SMILES string of the molecule is Brc1cccc(-c2ccc3oc4ccccc4c3c2)c1.Brc1cccc(I)c1.O[B]Oc1ccc2oc3ccccc3c2c1. The molecule has 44 heavy (non-hydrogen) atoms. The Balaban J connectivity index is 0.000000128. The number of halogens is 3. The molecule has 0 aliphatic heterocycles. The van der Waals surface area contributed by atoms with E-state index < -0.39 is 0 Å². The smallest absolute Gasteiger partial charge is 0.537 e. The Morgan fingerprint density at radius 3 is 1.66 bits per heavy atom. The molecule has 1 N–H and O–H groups in total. The third-order valence-corrected chi connectivity index (χ3v) is 8.52. The first-order chi connectivity index (χ1) is 21.5. The van der Waals surface area contributed by atoms with Crippen LogP contribution in [0, 0.1) is 3.57 Å². The van der Waals surface area contributed by atoms with Crippen LogP contribution in [-0.2, 0) is 0 Å². The van der Waals surface area contributed by atoms with E-state index in [4.69, 9.17) is 18.5 Å². The van der Waals surface area contributed by atoms with Crippen molar-refractivity contribution in [2.24, 2.45) is 0 Å². The minimum Gasteiger partial charge on any atom is -0.537 e. The molecule has 0 fully saturated rings. The Labute approximate surface area is 285 Å². The first-order valence-corrected chi connectivity index (χ1v) is 16.3. The summed E-state index contributed by atoms with van der Waals surface area (Å²) in [7, 11) is 0.670. The second-order valence-corrected chi connectivity index (χ2v) is 12.8. The predicted octanol–water partition coefficient (Wildman–Crippen LogP) is 11.6. The minimum absolute atomic E-state index is 0.585. The molecule has 1 radical (unpaired) electrons. The zero-order valence-corrected chi connectivity index (χ0v) is 28.4. The first kappa shape index (κ1) is 30.5. The number of hydrogen-bond acceptors (Lipinski definition) is 4. The van der Waals surface area contributed by atoms with Gasteiger partial charge in [-0.15, -0.1) is 0 Å². The minimum atomic E-state index is 0.585. The number of benzene rings is 6. The molecule has 6 aromatic carbocycles. The average molecular weight is 817 g/mol. The molecule has 8 aromatic rings. The summed E-state index contributed by atoms with van der Waals surface area (Å²) >= 11 is 9.16. The summed E-state index contributed by atoms with van der Waals surface area (Å²) in [6.45, 7) is 0. The summed E-state index contributed by atoms with van der Waals surface area (Å²) in [5.41, 5.74) is 5.94. The second kappa shape index (κ2) is 14.0. The number of fused-ring (bicyclic) bond motifs is 6. The largest absolute Gasteiger partial charge is 0.569 e. The molecular weight excluding hydrogens is 794 g/mol. The van der Waals surface area contributed by atoms with Gasteiger partial charge in [0, 0.05) is 34.1 Å². The van der Waals surface area contributed by atoms with Crippen molar-refractivity contribution in [2.75, 3.05) is 0 Å². The zero-order valence-electron chi connectivity index (χ0n) is 23.1. The van der Waals surface area contributed by atoms with E-state index in [2.05, 4.69) is 103 Å². The Morgan fingerprint density at radius 2 is 1.07 bits per heavy atom. The maximum Gasteiger partial charge on any atom is 0.569 e. The van der Waals surface area contributed by atoms with Gasteiger partial charge in [0.1, 0.15) is 28.1 Å². The Kier molecular flexibility index (Phi) is 9.71. The average Bonchev–Trinajstić information content (AvgIpc) is 3.59. The molecule has 8 heteroatoms. The molecular formula is C36H23BBr2IO4. The molecule has 4 nitrogen and oxygen atoms in total. The van der Waals surface area contributed by atoms with Gasteiger partial charge in [0.2, 0.25) is 0 Å². The highest BCUT2D eigenvalue weighted by molar-refractivity contribution is 14.1. The van der Waals surface area contributed by atoms with Gasteiger partial charge in [-0.2, -0.15) is 0 Å². The predicted molar refractivity (Wildman–Crippen MR) is 196 cm³/mol. The van der Waals surface area contributed by atoms with Crippen LogP contribution in [0.3, 0.4) is 0 Å². The van der Waals surface area contributed by atoms with Gasteiger partial charge in [-0.3, -0.25) is 0 Å². The number of rotatable bonds is 3. The zero-order chi connectivity index (χ0) is 30.5. The van der Waals surface area contributed by atoms with Gasteiger partial charge in [0.15, 0.2) is 0 Å². The van der Waals surface area contributed by atoms with Crippen molar-refractivity contribution in [3.05, 3.63) is 146 Å². The van der Waals surface area contributed by atoms with Crippen molar-refractivity contribution < 1.29 is 18.5 Å². The molecule has 8 rings (SSSR count). The van der Waals surface area contributed by atoms with E-state index in [1.165, 1.54) is 20.1 Å². The summed E-state index contributed by atoms with van der Waals surface area (Å²) in [6, 6.07) is 44.2. The van der Waals surface area contributed by atoms with Crippen molar-refractivity contribution in [2.45, 2.75) is 0 Å². The molecule has 2 aromatic heterocycles. The van der Waals surface area contributed by atoms with Crippen LogP contribution in [0.1, 0.15) is 0 Å². The van der Waals surface area contributed by atoms with Crippen LogP contribution in [0.15, 0.2) is 151 Å². The highest BCUT2D eigenvalue weighted by Gasteiger charge is 2.09. The third-order valence-electron chi connectivity index (χ3n) is 6.86. The molecule has 0 atom stereocenters. The van der Waals surface area contributed by atoms with Crippen molar-refractivity contribution in [1.29, 1.82) is 0 Å². The fourth-order valence-corrected chi connectivity index (χ4v) is 6.64. The van der Waals surface area contributed by atoms with Crippen LogP contribution in [-0.4, -0.2) is 12.7 Å². The molecule has 0 bridgehead atoms. The molecule has 0 saturated carbocycles. The van der Waals surface area contributed by atoms with Crippen molar-refractivity contribution in [1.82, 2.24) is 0 Å². The molecule has 0 spiro atoms. The van der Waals surface area contributed by atoms with Crippen molar-refractivity contribution in [3.8, 4) is 16.9 Å². The summed E-state index contributed by atoms with van der Waals surface area (Å²) in [6.07, 6.45) is 0. The normalized spacial score (nSPS) is 10.7. The fraction of sp³-hybridized carbons (Fsp3) is 0. The van der Waals surface area contributed by atoms with Gasteiger partial charge in [0.05, 0.1) is 0 Å². The van der Waals surface area contributed by atoms with Crippen LogP contribution < -0.4 is 4.65 Å². The second-order valence-electron chi connectivity index (χ2n) is 9.74. The van der Waals surface area contributed by atoms with Crippen molar-refractivity contribution in [3.63, 3.8) is 0 Å². The van der Waals surface area contributed by atoms with Crippen LogP contribution in [0.4, 0.5) is 0 Å². The molecule has 0 amide bonds. The van der Waals surface area contributed by atoms with E-state index in [0.717, 1.165) is 47.4 Å². The van der Waals surface area contributed by atoms with E-state index in [0.29, 0.717) is 13.4 Å². The molecule has 215 valence electrons. The van der Waals surface area contributed by atoms with Gasteiger partial charge >= 0.3 is 7.69 Å². The standard InChI is InChI=1S/C18H11BrO.C12H8BO3.C6H4BrI/c19-14-5-3-4-12(10-14)13-8-9-18-16(11-13)15-6-1-2-7-17(15)20-18;14-13-16-8-5-6-12-10(7-8)9-3-1-2-4-11(9)15-12;7-5-2-1-3-6(8)4-5/h1-11H;1-7,14H;1-4H.